The van der Waals surface area contributed by atoms with Gasteiger partial charge in [-0.05, 0) is 48.5 Å². The van der Waals surface area contributed by atoms with E-state index in [1.807, 2.05) is 60.7 Å². The number of hydrogen-bond donors (Lipinski definition) is 0. The molecule has 0 amide bonds. The Bertz CT molecular complexity index is 1090. The van der Waals surface area contributed by atoms with Gasteiger partial charge in [-0.3, -0.25) is 9.78 Å². The molecule has 0 aliphatic rings. The molecule has 0 bridgehead atoms. The molecule has 5 heteroatoms. The molecule has 0 saturated heterocycles. The number of hydrogen-bond acceptors (Lipinski definition) is 4. The van der Waals surface area contributed by atoms with E-state index < -0.39 is 0 Å². The first-order valence-corrected chi connectivity index (χ1v) is 9.22. The minimum absolute atomic E-state index is 0.00322. The lowest BCUT2D eigenvalue weighted by atomic mass is 10.1. The van der Waals surface area contributed by atoms with Crippen LogP contribution in [-0.2, 0) is 0 Å². The van der Waals surface area contributed by atoms with E-state index in [-0.39, 0.29) is 12.4 Å². The van der Waals surface area contributed by atoms with Gasteiger partial charge in [-0.1, -0.05) is 40.2 Å². The Balaban J connectivity index is 1.45. The maximum atomic E-state index is 12.2. The Labute approximate surface area is 165 Å². The van der Waals surface area contributed by atoms with Crippen LogP contribution in [0, 0.1) is 0 Å². The molecular weight excluding hydrogens is 404 g/mol. The topological polar surface area (TPSA) is 52.1 Å². The van der Waals surface area contributed by atoms with E-state index in [9.17, 15) is 4.79 Å². The van der Waals surface area contributed by atoms with Crippen LogP contribution < -0.4 is 4.74 Å². The Morgan fingerprint density at radius 3 is 2.33 bits per heavy atom. The van der Waals surface area contributed by atoms with Crippen LogP contribution in [0.25, 0.3) is 22.3 Å². The number of ether oxygens (including phenoxy) is 1. The molecule has 0 unspecified atom stereocenters. The van der Waals surface area contributed by atoms with Gasteiger partial charge in [0.15, 0.2) is 12.4 Å². The zero-order chi connectivity index (χ0) is 18.6. The summed E-state index contributed by atoms with van der Waals surface area (Å²) >= 11 is 3.36. The van der Waals surface area contributed by atoms with Crippen molar-refractivity contribution in [2.24, 2.45) is 0 Å². The first kappa shape index (κ1) is 17.4. The number of nitrogens with zero attached hydrogens (tertiary/aromatic N) is 2. The molecule has 27 heavy (non-hydrogen) atoms. The SMILES string of the molecule is O=C(COc1ccc(-c2cnc3ccccc3n2)cc1)c1ccc(Br)cc1. The van der Waals surface area contributed by atoms with E-state index in [4.69, 9.17) is 4.74 Å². The fourth-order valence-corrected chi connectivity index (χ4v) is 2.95. The van der Waals surface area contributed by atoms with Crippen LogP contribution in [-0.4, -0.2) is 22.4 Å². The van der Waals surface area contributed by atoms with Gasteiger partial charge in [-0.25, -0.2) is 4.98 Å². The normalized spacial score (nSPS) is 10.7. The number of halogens is 1. The van der Waals surface area contributed by atoms with E-state index in [2.05, 4.69) is 25.9 Å². The Kier molecular flexibility index (Phi) is 4.94. The third kappa shape index (κ3) is 4.04. The molecule has 1 aromatic heterocycles. The number of Topliss-reactive ketones (excluding diaryl/α,β-unsaturated/α-hetero) is 1. The van der Waals surface area contributed by atoms with Gasteiger partial charge in [-0.15, -0.1) is 0 Å². The van der Waals surface area contributed by atoms with Crippen LogP contribution >= 0.6 is 15.9 Å². The summed E-state index contributed by atoms with van der Waals surface area (Å²) in [4.78, 5) is 21.3. The number of ketones is 1. The number of carbonyl (C=O) groups excluding carboxylic acids is 1. The molecule has 0 fully saturated rings. The maximum Gasteiger partial charge on any atom is 0.200 e. The average molecular weight is 419 g/mol. The Morgan fingerprint density at radius 1 is 0.889 bits per heavy atom. The highest BCUT2D eigenvalue weighted by molar-refractivity contribution is 9.10. The smallest absolute Gasteiger partial charge is 0.200 e. The summed E-state index contributed by atoms with van der Waals surface area (Å²) in [5, 5.41) is 0. The number of aromatic nitrogens is 2. The largest absolute Gasteiger partial charge is 0.485 e. The van der Waals surface area contributed by atoms with E-state index in [1.54, 1.807) is 18.3 Å². The van der Waals surface area contributed by atoms with Gasteiger partial charge in [0.25, 0.3) is 0 Å². The highest BCUT2D eigenvalue weighted by Crippen LogP contribution is 2.22. The van der Waals surface area contributed by atoms with Crippen LogP contribution in [0.4, 0.5) is 0 Å². The Hall–Kier alpha value is -3.05. The molecule has 0 atom stereocenters. The monoisotopic (exact) mass is 418 g/mol. The molecule has 0 spiro atoms. The molecule has 4 aromatic rings. The van der Waals surface area contributed by atoms with Crippen molar-refractivity contribution in [1.29, 1.82) is 0 Å². The van der Waals surface area contributed by atoms with Crippen LogP contribution in [0.3, 0.4) is 0 Å². The van der Waals surface area contributed by atoms with Crippen LogP contribution in [0.15, 0.2) is 83.5 Å². The van der Waals surface area contributed by atoms with Gasteiger partial charge in [0.1, 0.15) is 5.75 Å². The molecule has 0 radical (unpaired) electrons. The van der Waals surface area contributed by atoms with Crippen molar-refractivity contribution >= 4 is 32.7 Å². The zero-order valence-electron chi connectivity index (χ0n) is 14.3. The summed E-state index contributed by atoms with van der Waals surface area (Å²) in [5.41, 5.74) is 4.09. The summed E-state index contributed by atoms with van der Waals surface area (Å²) < 4.78 is 6.55. The molecule has 1 heterocycles. The summed E-state index contributed by atoms with van der Waals surface area (Å²) in [6.45, 7) is -0.00322. The molecular formula is C22H15BrN2O2. The van der Waals surface area contributed by atoms with Crippen molar-refractivity contribution in [2.75, 3.05) is 6.61 Å². The van der Waals surface area contributed by atoms with E-state index >= 15 is 0 Å². The molecule has 4 nitrogen and oxygen atoms in total. The van der Waals surface area contributed by atoms with Gasteiger partial charge in [0.05, 0.1) is 22.9 Å². The van der Waals surface area contributed by atoms with Gasteiger partial charge in [0.2, 0.25) is 0 Å². The fourth-order valence-electron chi connectivity index (χ4n) is 2.69. The second kappa shape index (κ2) is 7.68. The third-order valence-corrected chi connectivity index (χ3v) is 4.66. The number of benzene rings is 3. The zero-order valence-corrected chi connectivity index (χ0v) is 15.9. The first-order valence-electron chi connectivity index (χ1n) is 8.43. The lowest BCUT2D eigenvalue weighted by molar-refractivity contribution is 0.0921. The van der Waals surface area contributed by atoms with Crippen molar-refractivity contribution < 1.29 is 9.53 Å². The lowest BCUT2D eigenvalue weighted by Crippen LogP contribution is -2.11. The van der Waals surface area contributed by atoms with Gasteiger partial charge in [-0.2, -0.15) is 0 Å². The predicted octanol–water partition coefficient (Wildman–Crippen LogP) is 5.32. The van der Waals surface area contributed by atoms with Gasteiger partial charge in [0, 0.05) is 15.6 Å². The average Bonchev–Trinajstić information content (AvgIpc) is 2.72. The van der Waals surface area contributed by atoms with E-state index in [1.165, 1.54) is 0 Å². The quantitative estimate of drug-likeness (QED) is 0.411. The van der Waals surface area contributed by atoms with Crippen LogP contribution in [0.5, 0.6) is 5.75 Å². The highest BCUT2D eigenvalue weighted by atomic mass is 79.9. The van der Waals surface area contributed by atoms with Crippen molar-refractivity contribution in [3.05, 3.63) is 89.0 Å². The van der Waals surface area contributed by atoms with Crippen LogP contribution in [0.2, 0.25) is 0 Å². The lowest BCUT2D eigenvalue weighted by Gasteiger charge is -2.07. The molecule has 4 rings (SSSR count). The van der Waals surface area contributed by atoms with Crippen molar-refractivity contribution in [2.45, 2.75) is 0 Å². The van der Waals surface area contributed by atoms with Crippen molar-refractivity contribution in [1.82, 2.24) is 9.97 Å². The first-order chi connectivity index (χ1) is 13.2. The van der Waals surface area contributed by atoms with Crippen molar-refractivity contribution in [3.63, 3.8) is 0 Å². The van der Waals surface area contributed by atoms with Crippen LogP contribution in [0.1, 0.15) is 10.4 Å². The summed E-state index contributed by atoms with van der Waals surface area (Å²) in [6, 6.07) is 22.5. The van der Waals surface area contributed by atoms with E-state index in [0.29, 0.717) is 11.3 Å². The summed E-state index contributed by atoms with van der Waals surface area (Å²) in [7, 11) is 0. The fraction of sp³-hybridized carbons (Fsp3) is 0.0455. The summed E-state index contributed by atoms with van der Waals surface area (Å²) in [5.74, 6) is 0.574. The minimum atomic E-state index is -0.0630. The second-order valence-electron chi connectivity index (χ2n) is 5.99. The molecule has 0 N–H and O–H groups in total. The predicted molar refractivity (Wildman–Crippen MR) is 109 cm³/mol. The highest BCUT2D eigenvalue weighted by Gasteiger charge is 2.08. The molecule has 0 aliphatic carbocycles. The van der Waals surface area contributed by atoms with Crippen molar-refractivity contribution in [3.8, 4) is 17.0 Å². The minimum Gasteiger partial charge on any atom is -0.485 e. The summed E-state index contributed by atoms with van der Waals surface area (Å²) in [6.07, 6.45) is 1.76. The number of carbonyl (C=O) groups is 1. The maximum absolute atomic E-state index is 12.2. The number of fused-ring (bicyclic) bond motifs is 1. The third-order valence-electron chi connectivity index (χ3n) is 4.13. The standard InChI is InChI=1S/C22H15BrN2O2/c23-17-9-5-16(6-10-17)22(26)14-27-18-11-7-15(8-12-18)21-13-24-19-3-1-2-4-20(19)25-21/h1-13H,14H2. The van der Waals surface area contributed by atoms with E-state index in [0.717, 1.165) is 26.8 Å². The number of para-hydroxylation sites is 2. The van der Waals surface area contributed by atoms with Gasteiger partial charge < -0.3 is 4.74 Å². The second-order valence-corrected chi connectivity index (χ2v) is 6.90. The molecule has 0 saturated carbocycles. The number of rotatable bonds is 5. The Morgan fingerprint density at radius 2 is 1.59 bits per heavy atom. The molecule has 3 aromatic carbocycles. The molecule has 0 aliphatic heterocycles. The van der Waals surface area contributed by atoms with Gasteiger partial charge >= 0.3 is 0 Å². The molecule has 132 valence electrons.